The van der Waals surface area contributed by atoms with Crippen molar-refractivity contribution >= 4 is 11.9 Å². The monoisotopic (exact) mass is 350 g/mol. The molecule has 0 saturated carbocycles. The lowest BCUT2D eigenvalue weighted by Crippen LogP contribution is -2.44. The van der Waals surface area contributed by atoms with Gasteiger partial charge >= 0.3 is 6.03 Å². The molecule has 26 heavy (non-hydrogen) atoms. The molecule has 4 heteroatoms. The summed E-state index contributed by atoms with van der Waals surface area (Å²) in [6.45, 7) is 6.41. The third kappa shape index (κ3) is 3.79. The number of rotatable bonds is 6. The standard InChI is InChI=1S/C22H26N2O2/c1-16(2)19-11-9-18(10-12-19)15-24-20(25)22(3,23-21(24)26)14-13-17-7-5-4-6-8-17/h4-12,16H,13-15H2,1-3H3,(H,23,26)/t22-/m1/s1. The van der Waals surface area contributed by atoms with Crippen molar-refractivity contribution in [3.05, 3.63) is 71.3 Å². The molecule has 0 bridgehead atoms. The van der Waals surface area contributed by atoms with E-state index in [2.05, 4.69) is 31.3 Å². The Kier molecular flexibility index (Phi) is 5.12. The Morgan fingerprint density at radius 3 is 2.23 bits per heavy atom. The highest BCUT2D eigenvalue weighted by Crippen LogP contribution is 2.25. The molecular weight excluding hydrogens is 324 g/mol. The van der Waals surface area contributed by atoms with Crippen LogP contribution in [0.25, 0.3) is 0 Å². The number of nitrogens with one attached hydrogen (secondary N) is 1. The highest BCUT2D eigenvalue weighted by Gasteiger charge is 2.47. The molecule has 0 aliphatic carbocycles. The number of carbonyl (C=O) groups is 2. The maximum Gasteiger partial charge on any atom is 0.325 e. The van der Waals surface area contributed by atoms with Crippen LogP contribution in [0.15, 0.2) is 54.6 Å². The molecular formula is C22H26N2O2. The first-order chi connectivity index (χ1) is 12.4. The summed E-state index contributed by atoms with van der Waals surface area (Å²) in [5.41, 5.74) is 2.53. The molecule has 0 aromatic heterocycles. The molecule has 4 nitrogen and oxygen atoms in total. The number of imide groups is 1. The average Bonchev–Trinajstić information content (AvgIpc) is 2.85. The molecule has 1 aliphatic heterocycles. The second-order valence-electron chi connectivity index (χ2n) is 7.54. The normalized spacial score (nSPS) is 19.9. The summed E-state index contributed by atoms with van der Waals surface area (Å²) in [6, 6.07) is 17.8. The lowest BCUT2D eigenvalue weighted by Gasteiger charge is -2.21. The zero-order chi connectivity index (χ0) is 18.7. The van der Waals surface area contributed by atoms with E-state index in [4.69, 9.17) is 0 Å². The summed E-state index contributed by atoms with van der Waals surface area (Å²) in [4.78, 5) is 26.6. The van der Waals surface area contributed by atoms with Gasteiger partial charge in [-0.15, -0.1) is 0 Å². The third-order valence-electron chi connectivity index (χ3n) is 5.09. The van der Waals surface area contributed by atoms with Crippen molar-refractivity contribution in [2.75, 3.05) is 0 Å². The lowest BCUT2D eigenvalue weighted by atomic mass is 9.93. The van der Waals surface area contributed by atoms with Crippen molar-refractivity contribution in [3.63, 3.8) is 0 Å². The summed E-state index contributed by atoms with van der Waals surface area (Å²) in [5, 5.41) is 2.89. The summed E-state index contributed by atoms with van der Waals surface area (Å²) in [6.07, 6.45) is 1.34. The minimum Gasteiger partial charge on any atom is -0.323 e. The zero-order valence-electron chi connectivity index (χ0n) is 15.7. The molecule has 1 N–H and O–H groups in total. The number of amides is 3. The van der Waals surface area contributed by atoms with Crippen LogP contribution in [0, 0.1) is 0 Å². The van der Waals surface area contributed by atoms with Gasteiger partial charge in [0.25, 0.3) is 5.91 Å². The minimum atomic E-state index is -0.842. The van der Waals surface area contributed by atoms with Gasteiger partial charge in [0.1, 0.15) is 5.54 Å². The number of nitrogens with zero attached hydrogens (tertiary/aromatic N) is 1. The van der Waals surface area contributed by atoms with E-state index in [1.165, 1.54) is 16.0 Å². The molecule has 1 saturated heterocycles. The molecule has 1 fully saturated rings. The van der Waals surface area contributed by atoms with Crippen molar-refractivity contribution in [1.29, 1.82) is 0 Å². The average molecular weight is 350 g/mol. The predicted octanol–water partition coefficient (Wildman–Crippen LogP) is 4.25. The molecule has 0 spiro atoms. The summed E-state index contributed by atoms with van der Waals surface area (Å²) in [5.74, 6) is 0.313. The van der Waals surface area contributed by atoms with Gasteiger partial charge in [0.2, 0.25) is 0 Å². The highest BCUT2D eigenvalue weighted by molar-refractivity contribution is 6.06. The quantitative estimate of drug-likeness (QED) is 0.792. The number of aryl methyl sites for hydroxylation is 1. The Bertz CT molecular complexity index is 784. The van der Waals surface area contributed by atoms with Crippen LogP contribution in [0.2, 0.25) is 0 Å². The molecule has 3 rings (SSSR count). The van der Waals surface area contributed by atoms with Crippen LogP contribution < -0.4 is 5.32 Å². The van der Waals surface area contributed by atoms with Crippen molar-refractivity contribution in [3.8, 4) is 0 Å². The number of benzene rings is 2. The maximum absolute atomic E-state index is 12.9. The first-order valence-electron chi connectivity index (χ1n) is 9.16. The van der Waals surface area contributed by atoms with Crippen LogP contribution in [-0.2, 0) is 17.8 Å². The van der Waals surface area contributed by atoms with Crippen molar-refractivity contribution in [2.45, 2.75) is 51.6 Å². The van der Waals surface area contributed by atoms with Gasteiger partial charge in [-0.2, -0.15) is 0 Å². The summed E-state index contributed by atoms with van der Waals surface area (Å²) >= 11 is 0. The molecule has 2 aromatic rings. The zero-order valence-corrected chi connectivity index (χ0v) is 15.7. The fraction of sp³-hybridized carbons (Fsp3) is 0.364. The lowest BCUT2D eigenvalue weighted by molar-refractivity contribution is -0.131. The topological polar surface area (TPSA) is 49.4 Å². The van der Waals surface area contributed by atoms with Crippen LogP contribution in [0.4, 0.5) is 4.79 Å². The molecule has 0 radical (unpaired) electrons. The van der Waals surface area contributed by atoms with E-state index in [0.717, 1.165) is 12.0 Å². The number of hydrogen-bond donors (Lipinski definition) is 1. The Hall–Kier alpha value is -2.62. The van der Waals surface area contributed by atoms with Gasteiger partial charge in [0.05, 0.1) is 6.54 Å². The molecule has 1 heterocycles. The van der Waals surface area contributed by atoms with Crippen LogP contribution >= 0.6 is 0 Å². The van der Waals surface area contributed by atoms with E-state index >= 15 is 0 Å². The fourth-order valence-electron chi connectivity index (χ4n) is 3.29. The van der Waals surface area contributed by atoms with Gasteiger partial charge in [0, 0.05) is 0 Å². The van der Waals surface area contributed by atoms with Crippen LogP contribution in [0.1, 0.15) is 49.8 Å². The molecule has 2 aromatic carbocycles. The first-order valence-corrected chi connectivity index (χ1v) is 9.16. The van der Waals surface area contributed by atoms with Crippen LogP contribution in [0.3, 0.4) is 0 Å². The SMILES string of the molecule is CC(C)c1ccc(CN2C(=O)N[C@](C)(CCc3ccccc3)C2=O)cc1. The molecule has 0 unspecified atom stereocenters. The van der Waals surface area contributed by atoms with E-state index in [0.29, 0.717) is 18.9 Å². The van der Waals surface area contributed by atoms with Crippen LogP contribution in [0.5, 0.6) is 0 Å². The molecule has 3 amide bonds. The Balaban J connectivity index is 1.67. The van der Waals surface area contributed by atoms with E-state index in [9.17, 15) is 9.59 Å². The van der Waals surface area contributed by atoms with Crippen molar-refractivity contribution < 1.29 is 9.59 Å². The van der Waals surface area contributed by atoms with Crippen LogP contribution in [-0.4, -0.2) is 22.4 Å². The van der Waals surface area contributed by atoms with Gasteiger partial charge in [-0.05, 0) is 42.4 Å². The Morgan fingerprint density at radius 2 is 1.62 bits per heavy atom. The second-order valence-corrected chi connectivity index (χ2v) is 7.54. The second kappa shape index (κ2) is 7.32. The molecule has 1 atom stereocenters. The smallest absolute Gasteiger partial charge is 0.323 e. The third-order valence-corrected chi connectivity index (χ3v) is 5.09. The fourth-order valence-corrected chi connectivity index (χ4v) is 3.29. The minimum absolute atomic E-state index is 0.147. The van der Waals surface area contributed by atoms with E-state index in [1.54, 1.807) is 0 Å². The largest absolute Gasteiger partial charge is 0.325 e. The highest BCUT2D eigenvalue weighted by atomic mass is 16.2. The summed E-state index contributed by atoms with van der Waals surface area (Å²) < 4.78 is 0. The van der Waals surface area contributed by atoms with Gasteiger partial charge in [-0.3, -0.25) is 9.69 Å². The van der Waals surface area contributed by atoms with Gasteiger partial charge in [-0.25, -0.2) is 4.79 Å². The van der Waals surface area contributed by atoms with Gasteiger partial charge in [-0.1, -0.05) is 68.4 Å². The maximum atomic E-state index is 12.9. The first kappa shape index (κ1) is 18.2. The van der Waals surface area contributed by atoms with Crippen molar-refractivity contribution in [1.82, 2.24) is 10.2 Å². The molecule has 1 aliphatic rings. The predicted molar refractivity (Wildman–Crippen MR) is 103 cm³/mol. The van der Waals surface area contributed by atoms with E-state index in [-0.39, 0.29) is 11.9 Å². The summed E-state index contributed by atoms with van der Waals surface area (Å²) in [7, 11) is 0. The number of carbonyl (C=O) groups excluding carboxylic acids is 2. The Morgan fingerprint density at radius 1 is 0.962 bits per heavy atom. The van der Waals surface area contributed by atoms with E-state index in [1.807, 2.05) is 49.4 Å². The Labute approximate surface area is 155 Å². The molecule has 136 valence electrons. The van der Waals surface area contributed by atoms with Crippen molar-refractivity contribution in [2.24, 2.45) is 0 Å². The number of hydrogen-bond acceptors (Lipinski definition) is 2. The van der Waals surface area contributed by atoms with E-state index < -0.39 is 5.54 Å². The van der Waals surface area contributed by atoms with Gasteiger partial charge in [0.15, 0.2) is 0 Å². The number of urea groups is 1. The van der Waals surface area contributed by atoms with Gasteiger partial charge < -0.3 is 5.32 Å².